The minimum absolute atomic E-state index is 0.571. The summed E-state index contributed by atoms with van der Waals surface area (Å²) in [5, 5.41) is 0.735. The van der Waals surface area contributed by atoms with Crippen molar-refractivity contribution in [3.05, 3.63) is 28.8 Å². The average molecular weight is 242 g/mol. The number of rotatable bonds is 6. The molecule has 1 aromatic carbocycles. The number of hydrogen-bond acceptors (Lipinski definition) is 2. The van der Waals surface area contributed by atoms with E-state index in [-0.39, 0.29) is 0 Å². The van der Waals surface area contributed by atoms with Crippen molar-refractivity contribution in [2.24, 2.45) is 11.7 Å². The minimum Gasteiger partial charge on any atom is -0.493 e. The number of halogens is 1. The molecular weight excluding hydrogens is 222 g/mol. The molecule has 90 valence electrons. The molecule has 0 aliphatic rings. The van der Waals surface area contributed by atoms with Crippen LogP contribution in [-0.2, 0) is 6.42 Å². The Balaban J connectivity index is 2.70. The molecule has 0 spiro atoms. The van der Waals surface area contributed by atoms with Crippen LogP contribution in [0.5, 0.6) is 5.75 Å². The van der Waals surface area contributed by atoms with E-state index in [4.69, 9.17) is 22.1 Å². The summed E-state index contributed by atoms with van der Waals surface area (Å²) < 4.78 is 5.78. The Morgan fingerprint density at radius 1 is 1.44 bits per heavy atom. The predicted molar refractivity (Wildman–Crippen MR) is 69.2 cm³/mol. The third-order valence-corrected chi connectivity index (χ3v) is 2.89. The molecule has 0 heterocycles. The molecule has 0 saturated carbocycles. The first-order chi connectivity index (χ1) is 7.67. The highest BCUT2D eigenvalue weighted by Crippen LogP contribution is 2.23. The van der Waals surface area contributed by atoms with Gasteiger partial charge in [0, 0.05) is 5.02 Å². The van der Waals surface area contributed by atoms with Crippen molar-refractivity contribution < 1.29 is 4.74 Å². The van der Waals surface area contributed by atoms with Gasteiger partial charge < -0.3 is 10.5 Å². The molecule has 0 aliphatic carbocycles. The van der Waals surface area contributed by atoms with Crippen LogP contribution in [0.2, 0.25) is 5.02 Å². The van der Waals surface area contributed by atoms with E-state index < -0.39 is 0 Å². The van der Waals surface area contributed by atoms with Gasteiger partial charge in [-0.05, 0) is 42.6 Å². The number of nitrogens with two attached hydrogens (primary N) is 1. The van der Waals surface area contributed by atoms with Crippen molar-refractivity contribution in [2.75, 3.05) is 13.2 Å². The highest BCUT2D eigenvalue weighted by Gasteiger charge is 2.06. The molecule has 3 heteroatoms. The summed E-state index contributed by atoms with van der Waals surface area (Å²) in [6.45, 7) is 5.70. The van der Waals surface area contributed by atoms with Crippen molar-refractivity contribution in [1.29, 1.82) is 0 Å². The van der Waals surface area contributed by atoms with Gasteiger partial charge in [-0.1, -0.05) is 31.9 Å². The molecule has 0 aromatic heterocycles. The summed E-state index contributed by atoms with van der Waals surface area (Å²) in [7, 11) is 0. The zero-order chi connectivity index (χ0) is 12.0. The summed E-state index contributed by atoms with van der Waals surface area (Å²) in [4.78, 5) is 0. The van der Waals surface area contributed by atoms with Crippen molar-refractivity contribution in [1.82, 2.24) is 0 Å². The summed E-state index contributed by atoms with van der Waals surface area (Å²) in [6.07, 6.45) is 1.93. The lowest BCUT2D eigenvalue weighted by Crippen LogP contribution is -2.10. The van der Waals surface area contributed by atoms with Gasteiger partial charge in [0.2, 0.25) is 0 Å². The molecule has 0 saturated heterocycles. The van der Waals surface area contributed by atoms with Crippen LogP contribution in [0.4, 0.5) is 0 Å². The van der Waals surface area contributed by atoms with Crippen molar-refractivity contribution in [3.8, 4) is 5.75 Å². The molecule has 1 unspecified atom stereocenters. The Labute approximate surface area is 103 Å². The van der Waals surface area contributed by atoms with E-state index in [1.807, 2.05) is 18.2 Å². The maximum Gasteiger partial charge on any atom is 0.122 e. The van der Waals surface area contributed by atoms with Gasteiger partial charge in [0.1, 0.15) is 5.75 Å². The molecule has 0 aliphatic heterocycles. The van der Waals surface area contributed by atoms with Crippen LogP contribution in [0, 0.1) is 5.92 Å². The summed E-state index contributed by atoms with van der Waals surface area (Å²) in [5.41, 5.74) is 6.66. The standard InChI is InChI=1S/C13H20ClNO/c1-3-10(2)9-16-13-5-4-12(14)8-11(13)6-7-15/h4-5,8,10H,3,6-7,9,15H2,1-2H3. The maximum absolute atomic E-state index is 5.95. The van der Waals surface area contributed by atoms with Gasteiger partial charge in [0.25, 0.3) is 0 Å². The van der Waals surface area contributed by atoms with Crippen LogP contribution in [0.15, 0.2) is 18.2 Å². The summed E-state index contributed by atoms with van der Waals surface area (Å²) in [5.74, 6) is 1.48. The molecule has 16 heavy (non-hydrogen) atoms. The van der Waals surface area contributed by atoms with Gasteiger partial charge in [-0.2, -0.15) is 0 Å². The molecule has 2 nitrogen and oxygen atoms in total. The van der Waals surface area contributed by atoms with Crippen molar-refractivity contribution in [3.63, 3.8) is 0 Å². The Kier molecular flexibility index (Phi) is 5.64. The monoisotopic (exact) mass is 241 g/mol. The van der Waals surface area contributed by atoms with Crippen LogP contribution in [-0.4, -0.2) is 13.2 Å². The lowest BCUT2D eigenvalue weighted by molar-refractivity contribution is 0.254. The van der Waals surface area contributed by atoms with Crippen LogP contribution < -0.4 is 10.5 Å². The van der Waals surface area contributed by atoms with Gasteiger partial charge in [-0.25, -0.2) is 0 Å². The summed E-state index contributed by atoms with van der Waals surface area (Å²) >= 11 is 5.95. The maximum atomic E-state index is 5.95. The number of benzene rings is 1. The second-order valence-corrected chi connectivity index (χ2v) is 4.55. The lowest BCUT2D eigenvalue weighted by atomic mass is 10.1. The molecule has 2 N–H and O–H groups in total. The largest absolute Gasteiger partial charge is 0.493 e. The first-order valence-corrected chi connectivity index (χ1v) is 6.16. The average Bonchev–Trinajstić information content (AvgIpc) is 2.28. The van der Waals surface area contributed by atoms with E-state index in [0.29, 0.717) is 12.5 Å². The minimum atomic E-state index is 0.571. The van der Waals surface area contributed by atoms with E-state index in [2.05, 4.69) is 13.8 Å². The summed E-state index contributed by atoms with van der Waals surface area (Å²) in [6, 6.07) is 5.71. The lowest BCUT2D eigenvalue weighted by Gasteiger charge is -2.14. The topological polar surface area (TPSA) is 35.2 Å². The van der Waals surface area contributed by atoms with E-state index in [0.717, 1.165) is 35.8 Å². The Morgan fingerprint density at radius 3 is 2.81 bits per heavy atom. The fraction of sp³-hybridized carbons (Fsp3) is 0.538. The molecule has 1 rings (SSSR count). The van der Waals surface area contributed by atoms with E-state index in [9.17, 15) is 0 Å². The fourth-order valence-electron chi connectivity index (χ4n) is 1.39. The number of hydrogen-bond donors (Lipinski definition) is 1. The van der Waals surface area contributed by atoms with Crippen LogP contribution in [0.25, 0.3) is 0 Å². The normalized spacial score (nSPS) is 12.5. The fourth-order valence-corrected chi connectivity index (χ4v) is 1.58. The zero-order valence-corrected chi connectivity index (χ0v) is 10.8. The van der Waals surface area contributed by atoms with Crippen LogP contribution in [0.1, 0.15) is 25.8 Å². The third kappa shape index (κ3) is 4.03. The van der Waals surface area contributed by atoms with Gasteiger partial charge in [0.15, 0.2) is 0 Å². The molecule has 0 fully saturated rings. The second kappa shape index (κ2) is 6.77. The Hall–Kier alpha value is -0.730. The van der Waals surface area contributed by atoms with Crippen LogP contribution >= 0.6 is 11.6 Å². The Bertz CT molecular complexity index is 328. The molecular formula is C13H20ClNO. The second-order valence-electron chi connectivity index (χ2n) is 4.12. The molecule has 0 radical (unpaired) electrons. The molecule has 0 amide bonds. The zero-order valence-electron chi connectivity index (χ0n) is 10.0. The molecule has 1 aromatic rings. The van der Waals surface area contributed by atoms with E-state index in [1.54, 1.807) is 0 Å². The highest BCUT2D eigenvalue weighted by atomic mass is 35.5. The highest BCUT2D eigenvalue weighted by molar-refractivity contribution is 6.30. The Morgan fingerprint density at radius 2 is 2.19 bits per heavy atom. The van der Waals surface area contributed by atoms with E-state index >= 15 is 0 Å². The van der Waals surface area contributed by atoms with Gasteiger partial charge >= 0.3 is 0 Å². The van der Waals surface area contributed by atoms with Gasteiger partial charge in [-0.3, -0.25) is 0 Å². The third-order valence-electron chi connectivity index (χ3n) is 2.66. The first kappa shape index (κ1) is 13.3. The van der Waals surface area contributed by atoms with Gasteiger partial charge in [-0.15, -0.1) is 0 Å². The quantitative estimate of drug-likeness (QED) is 0.830. The predicted octanol–water partition coefficient (Wildman–Crippen LogP) is 3.27. The smallest absolute Gasteiger partial charge is 0.122 e. The molecule has 1 atom stereocenters. The first-order valence-electron chi connectivity index (χ1n) is 5.78. The van der Waals surface area contributed by atoms with E-state index in [1.165, 1.54) is 0 Å². The number of ether oxygens (including phenoxy) is 1. The van der Waals surface area contributed by atoms with Crippen molar-refractivity contribution in [2.45, 2.75) is 26.7 Å². The molecule has 0 bridgehead atoms. The van der Waals surface area contributed by atoms with Crippen LogP contribution in [0.3, 0.4) is 0 Å². The SMILES string of the molecule is CCC(C)COc1ccc(Cl)cc1CCN. The van der Waals surface area contributed by atoms with Crippen molar-refractivity contribution >= 4 is 11.6 Å². The van der Waals surface area contributed by atoms with Gasteiger partial charge in [0.05, 0.1) is 6.61 Å².